The third-order valence-corrected chi connectivity index (χ3v) is 2.96. The van der Waals surface area contributed by atoms with Crippen molar-refractivity contribution < 1.29 is 14.3 Å². The summed E-state index contributed by atoms with van der Waals surface area (Å²) in [5.74, 6) is -0.597. The molecule has 19 heavy (non-hydrogen) atoms. The molecule has 0 radical (unpaired) electrons. The van der Waals surface area contributed by atoms with E-state index in [4.69, 9.17) is 4.74 Å². The molecule has 0 bridgehead atoms. The second-order valence-electron chi connectivity index (χ2n) is 3.69. The first kappa shape index (κ1) is 13.5. The number of carbonyl (C=O) groups is 2. The lowest BCUT2D eigenvalue weighted by Gasteiger charge is -2.01. The van der Waals surface area contributed by atoms with Crippen molar-refractivity contribution in [3.63, 3.8) is 0 Å². The van der Waals surface area contributed by atoms with Gasteiger partial charge in [-0.1, -0.05) is 15.9 Å². The highest BCUT2D eigenvalue weighted by molar-refractivity contribution is 9.10. The lowest BCUT2D eigenvalue weighted by Crippen LogP contribution is -2.08. The van der Waals surface area contributed by atoms with Crippen LogP contribution >= 0.6 is 15.9 Å². The van der Waals surface area contributed by atoms with Crippen molar-refractivity contribution in [3.05, 3.63) is 46.2 Å². The van der Waals surface area contributed by atoms with E-state index in [-0.39, 0.29) is 17.9 Å². The molecule has 5 nitrogen and oxygen atoms in total. The first-order valence-electron chi connectivity index (χ1n) is 5.63. The summed E-state index contributed by atoms with van der Waals surface area (Å²) < 4.78 is 7.27. The number of aldehydes is 1. The van der Waals surface area contributed by atoms with Crippen LogP contribution in [0.1, 0.15) is 27.8 Å². The highest BCUT2D eigenvalue weighted by atomic mass is 79.9. The predicted octanol–water partition coefficient (Wildman–Crippen LogP) is 2.62. The number of esters is 1. The van der Waals surface area contributed by atoms with Crippen LogP contribution in [0.25, 0.3) is 5.69 Å². The molecule has 0 aliphatic heterocycles. The third-order valence-electron chi connectivity index (χ3n) is 2.43. The Labute approximate surface area is 118 Å². The van der Waals surface area contributed by atoms with E-state index in [1.807, 2.05) is 24.3 Å². The second-order valence-corrected chi connectivity index (χ2v) is 4.61. The maximum absolute atomic E-state index is 11.7. The quantitative estimate of drug-likeness (QED) is 0.641. The van der Waals surface area contributed by atoms with E-state index in [0.717, 1.165) is 10.2 Å². The Hall–Kier alpha value is -1.95. The SMILES string of the molecule is CCOC(=O)c1nn(-c2ccc(Br)cc2)cc1C=O. The average Bonchev–Trinajstić information content (AvgIpc) is 2.84. The summed E-state index contributed by atoms with van der Waals surface area (Å²) >= 11 is 3.34. The highest BCUT2D eigenvalue weighted by Crippen LogP contribution is 2.15. The number of aromatic nitrogens is 2. The van der Waals surface area contributed by atoms with Crippen molar-refractivity contribution in [2.24, 2.45) is 0 Å². The zero-order valence-corrected chi connectivity index (χ0v) is 11.8. The molecule has 0 atom stereocenters. The number of hydrogen-bond donors (Lipinski definition) is 0. The van der Waals surface area contributed by atoms with E-state index in [0.29, 0.717) is 6.29 Å². The molecule has 1 heterocycles. The average molecular weight is 323 g/mol. The Kier molecular flexibility index (Phi) is 4.11. The van der Waals surface area contributed by atoms with Gasteiger partial charge in [-0.3, -0.25) is 4.79 Å². The minimum Gasteiger partial charge on any atom is -0.461 e. The summed E-state index contributed by atoms with van der Waals surface area (Å²) in [7, 11) is 0. The fraction of sp³-hybridized carbons (Fsp3) is 0.154. The number of halogens is 1. The molecule has 0 saturated heterocycles. The zero-order chi connectivity index (χ0) is 13.8. The molecule has 0 aliphatic carbocycles. The molecule has 98 valence electrons. The van der Waals surface area contributed by atoms with Gasteiger partial charge in [0.1, 0.15) is 0 Å². The van der Waals surface area contributed by atoms with Crippen molar-refractivity contribution in [2.45, 2.75) is 6.92 Å². The fourth-order valence-electron chi connectivity index (χ4n) is 1.56. The summed E-state index contributed by atoms with van der Waals surface area (Å²) in [6.45, 7) is 1.94. The van der Waals surface area contributed by atoms with E-state index < -0.39 is 5.97 Å². The van der Waals surface area contributed by atoms with Crippen molar-refractivity contribution in [1.82, 2.24) is 9.78 Å². The van der Waals surface area contributed by atoms with Crippen molar-refractivity contribution in [2.75, 3.05) is 6.61 Å². The van der Waals surface area contributed by atoms with E-state index in [1.54, 1.807) is 6.92 Å². The molecular formula is C13H11BrN2O3. The molecule has 0 aliphatic rings. The van der Waals surface area contributed by atoms with Crippen LogP contribution in [-0.4, -0.2) is 28.6 Å². The summed E-state index contributed by atoms with van der Waals surface area (Å²) in [6.07, 6.45) is 2.09. The molecular weight excluding hydrogens is 312 g/mol. The summed E-state index contributed by atoms with van der Waals surface area (Å²) in [4.78, 5) is 22.6. The first-order chi connectivity index (χ1) is 9.15. The van der Waals surface area contributed by atoms with Gasteiger partial charge in [-0.05, 0) is 31.2 Å². The lowest BCUT2D eigenvalue weighted by molar-refractivity contribution is 0.0517. The summed E-state index contributed by atoms with van der Waals surface area (Å²) in [6, 6.07) is 7.34. The molecule has 1 aromatic carbocycles. The number of nitrogens with zero attached hydrogens (tertiary/aromatic N) is 2. The van der Waals surface area contributed by atoms with Crippen LogP contribution in [0.3, 0.4) is 0 Å². The van der Waals surface area contributed by atoms with Gasteiger partial charge < -0.3 is 4.74 Å². The summed E-state index contributed by atoms with van der Waals surface area (Å²) in [5, 5.41) is 4.10. The molecule has 2 rings (SSSR count). The molecule has 1 aromatic heterocycles. The van der Waals surface area contributed by atoms with Gasteiger partial charge in [0, 0.05) is 10.7 Å². The molecule has 0 unspecified atom stereocenters. The van der Waals surface area contributed by atoms with Gasteiger partial charge in [0.25, 0.3) is 0 Å². The fourth-order valence-corrected chi connectivity index (χ4v) is 1.82. The maximum atomic E-state index is 11.7. The van der Waals surface area contributed by atoms with Crippen molar-refractivity contribution in [3.8, 4) is 5.69 Å². The minimum absolute atomic E-state index is 0.0276. The van der Waals surface area contributed by atoms with Crippen molar-refractivity contribution in [1.29, 1.82) is 0 Å². The van der Waals surface area contributed by atoms with E-state index in [9.17, 15) is 9.59 Å². The standard InChI is InChI=1S/C13H11BrN2O3/c1-2-19-13(18)12-9(8-17)7-16(15-12)11-5-3-10(14)4-6-11/h3-8H,2H2,1H3. The smallest absolute Gasteiger partial charge is 0.359 e. The van der Waals surface area contributed by atoms with Crippen LogP contribution in [0.5, 0.6) is 0 Å². The monoisotopic (exact) mass is 322 g/mol. The van der Waals surface area contributed by atoms with Gasteiger partial charge in [-0.15, -0.1) is 0 Å². The Morgan fingerprint density at radius 2 is 2.11 bits per heavy atom. The number of carbonyl (C=O) groups excluding carboxylic acids is 2. The molecule has 2 aromatic rings. The largest absolute Gasteiger partial charge is 0.461 e. The number of benzene rings is 1. The van der Waals surface area contributed by atoms with E-state index in [2.05, 4.69) is 21.0 Å². The topological polar surface area (TPSA) is 61.2 Å². The Balaban J connectivity index is 2.40. The Morgan fingerprint density at radius 3 is 2.68 bits per heavy atom. The van der Waals surface area contributed by atoms with E-state index >= 15 is 0 Å². The van der Waals surface area contributed by atoms with Gasteiger partial charge in [-0.2, -0.15) is 5.10 Å². The zero-order valence-electron chi connectivity index (χ0n) is 10.2. The second kappa shape index (κ2) is 5.79. The van der Waals surface area contributed by atoms with Crippen LogP contribution in [0.4, 0.5) is 0 Å². The molecule has 6 heteroatoms. The van der Waals surface area contributed by atoms with E-state index in [1.165, 1.54) is 10.9 Å². The van der Waals surface area contributed by atoms with Crippen molar-refractivity contribution >= 4 is 28.2 Å². The lowest BCUT2D eigenvalue weighted by atomic mass is 10.3. The number of rotatable bonds is 4. The van der Waals surface area contributed by atoms with Crippen LogP contribution in [-0.2, 0) is 4.74 Å². The van der Waals surface area contributed by atoms with Crippen LogP contribution in [0.15, 0.2) is 34.9 Å². The van der Waals surface area contributed by atoms with Crippen LogP contribution < -0.4 is 0 Å². The van der Waals surface area contributed by atoms with Gasteiger partial charge in [0.05, 0.1) is 17.9 Å². The first-order valence-corrected chi connectivity index (χ1v) is 6.43. The Bertz CT molecular complexity index is 605. The maximum Gasteiger partial charge on any atom is 0.359 e. The summed E-state index contributed by atoms with van der Waals surface area (Å²) in [5.41, 5.74) is 0.989. The Morgan fingerprint density at radius 1 is 1.42 bits per heavy atom. The predicted molar refractivity (Wildman–Crippen MR) is 72.6 cm³/mol. The minimum atomic E-state index is -0.597. The van der Waals surface area contributed by atoms with Gasteiger partial charge in [0.15, 0.2) is 12.0 Å². The van der Waals surface area contributed by atoms with Gasteiger partial charge in [0.2, 0.25) is 0 Å². The number of hydrogen-bond acceptors (Lipinski definition) is 4. The van der Waals surface area contributed by atoms with Crippen LogP contribution in [0.2, 0.25) is 0 Å². The third kappa shape index (κ3) is 2.90. The molecule has 0 N–H and O–H groups in total. The normalized spacial score (nSPS) is 10.2. The number of ether oxygens (including phenoxy) is 1. The van der Waals surface area contributed by atoms with Gasteiger partial charge in [-0.25, -0.2) is 9.48 Å². The van der Waals surface area contributed by atoms with Crippen LogP contribution in [0, 0.1) is 0 Å². The highest BCUT2D eigenvalue weighted by Gasteiger charge is 2.18. The molecule has 0 spiro atoms. The molecule has 0 amide bonds. The molecule has 0 fully saturated rings. The molecule has 0 saturated carbocycles. The van der Waals surface area contributed by atoms with Gasteiger partial charge >= 0.3 is 5.97 Å².